The lowest BCUT2D eigenvalue weighted by Crippen LogP contribution is -2.25. The Kier molecular flexibility index (Phi) is 4.00. The number of benzene rings is 1. The van der Waals surface area contributed by atoms with E-state index in [1.807, 2.05) is 0 Å². The molecule has 0 unspecified atom stereocenters. The Morgan fingerprint density at radius 1 is 1.29 bits per heavy atom. The minimum Gasteiger partial charge on any atom is -0.258 e. The molecule has 0 N–H and O–H groups in total. The molecule has 0 saturated carbocycles. The first-order chi connectivity index (χ1) is 7.65. The van der Waals surface area contributed by atoms with Gasteiger partial charge in [0.2, 0.25) is 0 Å². The maximum absolute atomic E-state index is 13.1. The Bertz CT molecular complexity index is 492. The highest BCUT2D eigenvalue weighted by Gasteiger charge is 2.47. The Morgan fingerprint density at radius 3 is 2.35 bits per heavy atom. The van der Waals surface area contributed by atoms with Gasteiger partial charge in [-0.05, 0) is 12.1 Å². The van der Waals surface area contributed by atoms with Crippen LogP contribution in [-0.4, -0.2) is 13.9 Å². The van der Waals surface area contributed by atoms with Gasteiger partial charge in [-0.25, -0.2) is 4.39 Å². The van der Waals surface area contributed by atoms with Gasteiger partial charge in [-0.2, -0.15) is 21.6 Å². The van der Waals surface area contributed by atoms with Crippen LogP contribution in [0.3, 0.4) is 0 Å². The third kappa shape index (κ3) is 3.30. The summed E-state index contributed by atoms with van der Waals surface area (Å²) in [6.07, 6.45) is 0. The van der Waals surface area contributed by atoms with Gasteiger partial charge in [-0.1, -0.05) is 17.7 Å². The van der Waals surface area contributed by atoms with E-state index in [1.165, 1.54) is 12.1 Å². The van der Waals surface area contributed by atoms with Gasteiger partial charge < -0.3 is 0 Å². The van der Waals surface area contributed by atoms with E-state index in [0.29, 0.717) is 0 Å². The van der Waals surface area contributed by atoms with Gasteiger partial charge >= 0.3 is 15.6 Å². The highest BCUT2D eigenvalue weighted by molar-refractivity contribution is 7.87. The summed E-state index contributed by atoms with van der Waals surface area (Å²) in [7, 11) is -5.75. The van der Waals surface area contributed by atoms with Gasteiger partial charge in [0.1, 0.15) is 5.82 Å². The summed E-state index contributed by atoms with van der Waals surface area (Å²) >= 11 is 5.48. The van der Waals surface area contributed by atoms with Crippen LogP contribution in [0, 0.1) is 5.82 Å². The second kappa shape index (κ2) is 4.79. The molecule has 9 heteroatoms. The third-order valence-corrected chi connectivity index (χ3v) is 3.05. The minimum atomic E-state index is -5.75. The van der Waals surface area contributed by atoms with Crippen molar-refractivity contribution in [3.63, 3.8) is 0 Å². The average molecular weight is 293 g/mol. The fraction of sp³-hybridized carbons (Fsp3) is 0.250. The molecule has 0 amide bonds. The van der Waals surface area contributed by atoms with E-state index in [-0.39, 0.29) is 5.02 Å². The van der Waals surface area contributed by atoms with Crippen molar-refractivity contribution in [2.45, 2.75) is 12.1 Å². The molecule has 0 fully saturated rings. The number of halogens is 5. The summed E-state index contributed by atoms with van der Waals surface area (Å²) in [5.41, 5.74) is -6.01. The SMILES string of the molecule is O=S(=O)(OCc1c(F)cccc1Cl)C(F)(F)F. The van der Waals surface area contributed by atoms with E-state index in [4.69, 9.17) is 11.6 Å². The summed E-state index contributed by atoms with van der Waals surface area (Å²) in [5, 5.41) is -0.220. The second-order valence-electron chi connectivity index (χ2n) is 2.86. The first-order valence-corrected chi connectivity index (χ1v) is 5.82. The van der Waals surface area contributed by atoms with Crippen LogP contribution in [0.4, 0.5) is 17.6 Å². The van der Waals surface area contributed by atoms with E-state index >= 15 is 0 Å². The maximum Gasteiger partial charge on any atom is 0.523 e. The van der Waals surface area contributed by atoms with Crippen LogP contribution < -0.4 is 0 Å². The molecular formula is C8H5ClF4O3S. The molecule has 3 nitrogen and oxygen atoms in total. The fourth-order valence-electron chi connectivity index (χ4n) is 0.874. The van der Waals surface area contributed by atoms with E-state index < -0.39 is 33.6 Å². The third-order valence-electron chi connectivity index (χ3n) is 1.70. The lowest BCUT2D eigenvalue weighted by atomic mass is 10.2. The largest absolute Gasteiger partial charge is 0.523 e. The van der Waals surface area contributed by atoms with Crippen LogP contribution in [0.5, 0.6) is 0 Å². The molecule has 1 rings (SSSR count). The molecule has 0 heterocycles. The van der Waals surface area contributed by atoms with E-state index in [2.05, 4.69) is 4.18 Å². The summed E-state index contributed by atoms with van der Waals surface area (Å²) in [5.74, 6) is -0.949. The van der Waals surface area contributed by atoms with Crippen LogP contribution in [-0.2, 0) is 20.9 Å². The molecule has 0 aliphatic rings. The fourth-order valence-corrected chi connectivity index (χ4v) is 1.50. The standard InChI is InChI=1S/C8H5ClF4O3S/c9-6-2-1-3-7(10)5(6)4-16-17(14,15)8(11,12)13/h1-3H,4H2. The zero-order valence-electron chi connectivity index (χ0n) is 7.96. The van der Waals surface area contributed by atoms with Crippen molar-refractivity contribution in [3.05, 3.63) is 34.6 Å². The number of hydrogen-bond donors (Lipinski definition) is 0. The Hall–Kier alpha value is -0.860. The first-order valence-electron chi connectivity index (χ1n) is 4.04. The van der Waals surface area contributed by atoms with Gasteiger partial charge in [0.15, 0.2) is 0 Å². The zero-order chi connectivity index (χ0) is 13.3. The van der Waals surface area contributed by atoms with Gasteiger partial charge in [0.05, 0.1) is 6.61 Å². The maximum atomic E-state index is 13.1. The van der Waals surface area contributed by atoms with Crippen molar-refractivity contribution in [1.29, 1.82) is 0 Å². The normalized spacial score (nSPS) is 12.8. The Morgan fingerprint density at radius 2 is 1.88 bits per heavy atom. The van der Waals surface area contributed by atoms with Gasteiger partial charge in [-0.3, -0.25) is 4.18 Å². The topological polar surface area (TPSA) is 43.4 Å². The molecule has 1 aromatic rings. The molecule has 0 aliphatic heterocycles. The molecule has 1 aromatic carbocycles. The summed E-state index contributed by atoms with van der Waals surface area (Å²) in [6.45, 7) is -1.12. The lowest BCUT2D eigenvalue weighted by Gasteiger charge is -2.09. The van der Waals surface area contributed by atoms with Crippen LogP contribution in [0.1, 0.15) is 5.56 Å². The lowest BCUT2D eigenvalue weighted by molar-refractivity contribution is -0.0548. The molecule has 96 valence electrons. The number of hydrogen-bond acceptors (Lipinski definition) is 3. The quantitative estimate of drug-likeness (QED) is 0.489. The molecule has 0 atom stereocenters. The van der Waals surface area contributed by atoms with E-state index in [1.54, 1.807) is 0 Å². The van der Waals surface area contributed by atoms with Crippen LogP contribution in [0.2, 0.25) is 5.02 Å². The van der Waals surface area contributed by atoms with Crippen molar-refractivity contribution < 1.29 is 30.2 Å². The zero-order valence-corrected chi connectivity index (χ0v) is 9.53. The monoisotopic (exact) mass is 292 g/mol. The molecule has 0 spiro atoms. The predicted molar refractivity (Wildman–Crippen MR) is 51.2 cm³/mol. The molecule has 17 heavy (non-hydrogen) atoms. The summed E-state index contributed by atoms with van der Waals surface area (Å²) in [6, 6.07) is 3.34. The van der Waals surface area contributed by atoms with Crippen LogP contribution in [0.15, 0.2) is 18.2 Å². The highest BCUT2D eigenvalue weighted by atomic mass is 35.5. The highest BCUT2D eigenvalue weighted by Crippen LogP contribution is 2.27. The van der Waals surface area contributed by atoms with Gasteiger partial charge in [0.25, 0.3) is 0 Å². The average Bonchev–Trinajstić information content (AvgIpc) is 2.15. The van der Waals surface area contributed by atoms with Crippen LogP contribution >= 0.6 is 11.6 Å². The molecule has 0 saturated heterocycles. The molecule has 0 aromatic heterocycles. The van der Waals surface area contributed by atoms with Gasteiger partial charge in [0, 0.05) is 10.6 Å². The summed E-state index contributed by atoms with van der Waals surface area (Å²) < 4.78 is 73.5. The molecule has 0 bridgehead atoms. The molecular weight excluding hydrogens is 288 g/mol. The second-order valence-corrected chi connectivity index (χ2v) is 4.88. The van der Waals surface area contributed by atoms with Crippen molar-refractivity contribution in [2.75, 3.05) is 0 Å². The molecule has 0 radical (unpaired) electrons. The van der Waals surface area contributed by atoms with Crippen molar-refractivity contribution in [3.8, 4) is 0 Å². The number of alkyl halides is 3. The van der Waals surface area contributed by atoms with Gasteiger partial charge in [-0.15, -0.1) is 0 Å². The summed E-state index contributed by atoms with van der Waals surface area (Å²) in [4.78, 5) is 0. The van der Waals surface area contributed by atoms with Crippen molar-refractivity contribution >= 4 is 21.7 Å². The van der Waals surface area contributed by atoms with Crippen molar-refractivity contribution in [2.24, 2.45) is 0 Å². The predicted octanol–water partition coefficient (Wildman–Crippen LogP) is 2.85. The van der Waals surface area contributed by atoms with E-state index in [0.717, 1.165) is 6.07 Å². The Labute approximate surface area is 99.1 Å². The van der Waals surface area contributed by atoms with E-state index in [9.17, 15) is 26.0 Å². The number of rotatable bonds is 3. The molecule has 0 aliphatic carbocycles. The van der Waals surface area contributed by atoms with Crippen LogP contribution in [0.25, 0.3) is 0 Å². The Balaban J connectivity index is 2.89. The van der Waals surface area contributed by atoms with Crippen molar-refractivity contribution in [1.82, 2.24) is 0 Å². The minimum absolute atomic E-state index is 0.220. The first kappa shape index (κ1) is 14.2. The smallest absolute Gasteiger partial charge is 0.258 e.